The van der Waals surface area contributed by atoms with Crippen LogP contribution in [-0.4, -0.2) is 22.6 Å². The molecule has 1 aliphatic heterocycles. The number of nitrogens with zero attached hydrogens (tertiary/aromatic N) is 1. The lowest BCUT2D eigenvalue weighted by atomic mass is 10.2. The molecule has 1 aromatic carbocycles. The van der Waals surface area contributed by atoms with Crippen LogP contribution in [-0.2, 0) is 0 Å². The van der Waals surface area contributed by atoms with Crippen LogP contribution in [0.25, 0.3) is 10.9 Å². The molecule has 0 aliphatic carbocycles. The van der Waals surface area contributed by atoms with E-state index in [1.807, 2.05) is 0 Å². The number of hydrogen-bond donors (Lipinski definition) is 2. The van der Waals surface area contributed by atoms with Crippen LogP contribution in [0.4, 0.5) is 4.39 Å². The van der Waals surface area contributed by atoms with Crippen molar-refractivity contribution in [2.75, 3.05) is 13.1 Å². The maximum absolute atomic E-state index is 13.1. The molecule has 0 radical (unpaired) electrons. The van der Waals surface area contributed by atoms with Crippen molar-refractivity contribution in [1.82, 2.24) is 14.9 Å². The fourth-order valence-electron chi connectivity index (χ4n) is 2.40. The van der Waals surface area contributed by atoms with E-state index in [1.54, 1.807) is 0 Å². The van der Waals surface area contributed by atoms with Crippen molar-refractivity contribution in [2.24, 2.45) is 0 Å². The molecule has 5 nitrogen and oxygen atoms in total. The van der Waals surface area contributed by atoms with Gasteiger partial charge in [0, 0.05) is 6.54 Å². The summed E-state index contributed by atoms with van der Waals surface area (Å²) in [5.74, 6) is -0.474. The first-order valence-electron chi connectivity index (χ1n) is 5.81. The van der Waals surface area contributed by atoms with Crippen molar-refractivity contribution in [3.05, 3.63) is 44.9 Å². The molecule has 2 aromatic rings. The van der Waals surface area contributed by atoms with Gasteiger partial charge < -0.3 is 10.3 Å². The van der Waals surface area contributed by atoms with Gasteiger partial charge in [0.15, 0.2) is 0 Å². The highest BCUT2D eigenvalue weighted by atomic mass is 19.1. The first-order valence-corrected chi connectivity index (χ1v) is 5.81. The van der Waals surface area contributed by atoms with Crippen molar-refractivity contribution < 1.29 is 4.39 Å². The molecular formula is C12H12FN3O2. The second-order valence-electron chi connectivity index (χ2n) is 4.44. The molecule has 1 saturated heterocycles. The number of nitrogens with one attached hydrogen (secondary N) is 2. The van der Waals surface area contributed by atoms with E-state index < -0.39 is 11.5 Å². The summed E-state index contributed by atoms with van der Waals surface area (Å²) in [6.45, 7) is 1.40. The van der Waals surface area contributed by atoms with Crippen LogP contribution in [0, 0.1) is 5.82 Å². The minimum absolute atomic E-state index is 0.129. The van der Waals surface area contributed by atoms with Crippen LogP contribution in [0.1, 0.15) is 12.5 Å². The van der Waals surface area contributed by atoms with Gasteiger partial charge in [0.1, 0.15) is 5.82 Å². The fourth-order valence-corrected chi connectivity index (χ4v) is 2.40. The number of rotatable bonds is 1. The molecule has 6 heteroatoms. The Kier molecular flexibility index (Phi) is 2.52. The second kappa shape index (κ2) is 4.06. The van der Waals surface area contributed by atoms with Gasteiger partial charge in [0.2, 0.25) is 0 Å². The van der Waals surface area contributed by atoms with Crippen molar-refractivity contribution >= 4 is 10.9 Å². The third kappa shape index (κ3) is 1.65. The summed E-state index contributed by atoms with van der Waals surface area (Å²) in [5, 5.41) is 3.45. The molecule has 94 valence electrons. The Morgan fingerprint density at radius 2 is 2.17 bits per heavy atom. The standard InChI is InChI=1S/C12H12FN3O2/c13-7-1-2-9-10(5-7)15-12(18)16(11(9)17)8-3-4-14-6-8/h1-2,5,8,14H,3-4,6H2,(H,15,18). The number of fused-ring (bicyclic) bond motifs is 1. The highest BCUT2D eigenvalue weighted by molar-refractivity contribution is 5.77. The maximum Gasteiger partial charge on any atom is 0.329 e. The normalized spacial score (nSPS) is 19.5. The van der Waals surface area contributed by atoms with E-state index >= 15 is 0 Å². The Morgan fingerprint density at radius 3 is 2.89 bits per heavy atom. The van der Waals surface area contributed by atoms with Crippen LogP contribution in [0.5, 0.6) is 0 Å². The van der Waals surface area contributed by atoms with Crippen molar-refractivity contribution in [1.29, 1.82) is 0 Å². The third-order valence-electron chi connectivity index (χ3n) is 3.29. The number of benzene rings is 1. The van der Waals surface area contributed by atoms with E-state index in [4.69, 9.17) is 0 Å². The van der Waals surface area contributed by atoms with Gasteiger partial charge in [0.25, 0.3) is 5.56 Å². The monoisotopic (exact) mass is 249 g/mol. The predicted octanol–water partition coefficient (Wildman–Crippen LogP) is 0.363. The van der Waals surface area contributed by atoms with Gasteiger partial charge in [0.05, 0.1) is 16.9 Å². The lowest BCUT2D eigenvalue weighted by molar-refractivity contribution is 0.508. The van der Waals surface area contributed by atoms with Crippen LogP contribution in [0.15, 0.2) is 27.8 Å². The zero-order valence-electron chi connectivity index (χ0n) is 9.57. The van der Waals surface area contributed by atoms with Crippen molar-refractivity contribution in [3.63, 3.8) is 0 Å². The largest absolute Gasteiger partial charge is 0.329 e. The fraction of sp³-hybridized carbons (Fsp3) is 0.333. The summed E-state index contributed by atoms with van der Waals surface area (Å²) >= 11 is 0. The molecule has 0 bridgehead atoms. The number of hydrogen-bond acceptors (Lipinski definition) is 3. The molecule has 2 heterocycles. The topological polar surface area (TPSA) is 66.9 Å². The number of aromatic nitrogens is 2. The quantitative estimate of drug-likeness (QED) is 0.767. The first kappa shape index (κ1) is 11.2. The Bertz CT molecular complexity index is 713. The van der Waals surface area contributed by atoms with E-state index in [0.29, 0.717) is 11.9 Å². The van der Waals surface area contributed by atoms with E-state index in [0.717, 1.165) is 19.0 Å². The lowest BCUT2D eigenvalue weighted by Crippen LogP contribution is -2.38. The van der Waals surface area contributed by atoms with Gasteiger partial charge in [-0.1, -0.05) is 0 Å². The smallest absolute Gasteiger partial charge is 0.315 e. The summed E-state index contributed by atoms with van der Waals surface area (Å²) in [6.07, 6.45) is 0.746. The SMILES string of the molecule is O=c1[nH]c2cc(F)ccc2c(=O)n1C1CCNC1. The number of aromatic amines is 1. The average Bonchev–Trinajstić information content (AvgIpc) is 2.82. The molecule has 2 N–H and O–H groups in total. The second-order valence-corrected chi connectivity index (χ2v) is 4.44. The molecule has 1 aliphatic rings. The minimum atomic E-state index is -0.480. The van der Waals surface area contributed by atoms with Crippen molar-refractivity contribution in [2.45, 2.75) is 12.5 Å². The molecule has 0 spiro atoms. The predicted molar refractivity (Wildman–Crippen MR) is 65.3 cm³/mol. The average molecular weight is 249 g/mol. The van der Waals surface area contributed by atoms with Crippen LogP contribution >= 0.6 is 0 Å². The number of halogens is 1. The molecule has 1 fully saturated rings. The third-order valence-corrected chi connectivity index (χ3v) is 3.29. The molecule has 1 atom stereocenters. The van der Waals surface area contributed by atoms with Crippen molar-refractivity contribution in [3.8, 4) is 0 Å². The summed E-state index contributed by atoms with van der Waals surface area (Å²) in [5.41, 5.74) is -0.596. The van der Waals surface area contributed by atoms with E-state index in [2.05, 4.69) is 10.3 Å². The van der Waals surface area contributed by atoms with Gasteiger partial charge in [-0.2, -0.15) is 0 Å². The summed E-state index contributed by atoms with van der Waals surface area (Å²) in [4.78, 5) is 26.7. The molecule has 1 unspecified atom stereocenters. The van der Waals surface area contributed by atoms with Gasteiger partial charge in [-0.25, -0.2) is 9.18 Å². The maximum atomic E-state index is 13.1. The number of H-pyrrole nitrogens is 1. The summed E-state index contributed by atoms with van der Waals surface area (Å²) in [6, 6.07) is 3.66. The Balaban J connectivity index is 2.30. The van der Waals surface area contributed by atoms with E-state index in [9.17, 15) is 14.0 Å². The molecule has 3 rings (SSSR count). The van der Waals surface area contributed by atoms with Gasteiger partial charge in [-0.15, -0.1) is 0 Å². The highest BCUT2D eigenvalue weighted by Crippen LogP contribution is 2.12. The van der Waals surface area contributed by atoms with Crippen LogP contribution in [0.2, 0.25) is 0 Å². The highest BCUT2D eigenvalue weighted by Gasteiger charge is 2.21. The molecular weight excluding hydrogens is 237 g/mol. The van der Waals surface area contributed by atoms with Gasteiger partial charge >= 0.3 is 5.69 Å². The first-order chi connectivity index (χ1) is 8.66. The molecule has 18 heavy (non-hydrogen) atoms. The lowest BCUT2D eigenvalue weighted by Gasteiger charge is -2.12. The molecule has 0 amide bonds. The summed E-state index contributed by atoms with van der Waals surface area (Å²) in [7, 11) is 0. The minimum Gasteiger partial charge on any atom is -0.315 e. The van der Waals surface area contributed by atoms with Crippen LogP contribution < -0.4 is 16.6 Å². The van der Waals surface area contributed by atoms with Gasteiger partial charge in [-0.3, -0.25) is 9.36 Å². The zero-order valence-corrected chi connectivity index (χ0v) is 9.57. The zero-order chi connectivity index (χ0) is 12.7. The molecule has 0 saturated carbocycles. The Morgan fingerprint density at radius 1 is 1.33 bits per heavy atom. The summed E-state index contributed by atoms with van der Waals surface area (Å²) < 4.78 is 14.3. The molecule has 1 aromatic heterocycles. The van der Waals surface area contributed by atoms with Gasteiger partial charge in [-0.05, 0) is 31.2 Å². The Hall–Kier alpha value is -1.95. The van der Waals surface area contributed by atoms with Crippen LogP contribution in [0.3, 0.4) is 0 Å². The Labute approximate surface area is 101 Å². The van der Waals surface area contributed by atoms with E-state index in [1.165, 1.54) is 16.7 Å². The van der Waals surface area contributed by atoms with E-state index in [-0.39, 0.29) is 17.1 Å².